The van der Waals surface area contributed by atoms with Gasteiger partial charge in [0.05, 0.1) is 18.8 Å². The minimum atomic E-state index is 0.124. The van der Waals surface area contributed by atoms with Gasteiger partial charge in [-0.15, -0.1) is 11.8 Å². The SMILES string of the molecule is CSc1ccccc1C(=O)N1CCCC(CCC(=O)N2CCOCC2)C1. The average molecular weight is 377 g/mol. The Hall–Kier alpha value is -1.53. The summed E-state index contributed by atoms with van der Waals surface area (Å²) in [5, 5.41) is 0. The third kappa shape index (κ3) is 4.80. The third-order valence-electron chi connectivity index (χ3n) is 5.27. The van der Waals surface area contributed by atoms with Crippen molar-refractivity contribution in [2.75, 3.05) is 45.6 Å². The molecule has 1 atom stereocenters. The highest BCUT2D eigenvalue weighted by Crippen LogP contribution is 2.26. The van der Waals surface area contributed by atoms with Gasteiger partial charge in [-0.05, 0) is 43.6 Å². The second kappa shape index (κ2) is 9.42. The predicted octanol–water partition coefficient (Wildman–Crippen LogP) is 2.90. The number of nitrogens with zero attached hydrogens (tertiary/aromatic N) is 2. The predicted molar refractivity (Wildman–Crippen MR) is 103 cm³/mol. The number of morpholine rings is 1. The van der Waals surface area contributed by atoms with Gasteiger partial charge in [0.15, 0.2) is 0 Å². The molecule has 0 aromatic heterocycles. The van der Waals surface area contributed by atoms with Crippen molar-refractivity contribution >= 4 is 23.6 Å². The minimum absolute atomic E-state index is 0.124. The van der Waals surface area contributed by atoms with Crippen molar-refractivity contribution in [2.45, 2.75) is 30.6 Å². The molecule has 1 aromatic rings. The molecule has 0 radical (unpaired) electrons. The number of hydrogen-bond acceptors (Lipinski definition) is 4. The molecule has 2 aliphatic heterocycles. The highest BCUT2D eigenvalue weighted by Gasteiger charge is 2.26. The summed E-state index contributed by atoms with van der Waals surface area (Å²) >= 11 is 1.61. The molecule has 1 unspecified atom stereocenters. The van der Waals surface area contributed by atoms with E-state index in [-0.39, 0.29) is 11.8 Å². The number of piperidine rings is 1. The summed E-state index contributed by atoms with van der Waals surface area (Å²) in [6.07, 6.45) is 5.56. The Morgan fingerprint density at radius 3 is 2.69 bits per heavy atom. The van der Waals surface area contributed by atoms with Crippen LogP contribution in [0.1, 0.15) is 36.0 Å². The van der Waals surface area contributed by atoms with Crippen LogP contribution in [0.4, 0.5) is 0 Å². The first-order valence-electron chi connectivity index (χ1n) is 9.47. The van der Waals surface area contributed by atoms with E-state index in [2.05, 4.69) is 0 Å². The fraction of sp³-hybridized carbons (Fsp3) is 0.600. The molecule has 2 amide bonds. The molecule has 1 aromatic carbocycles. The molecule has 2 aliphatic rings. The van der Waals surface area contributed by atoms with Crippen LogP contribution >= 0.6 is 11.8 Å². The van der Waals surface area contributed by atoms with Crippen molar-refractivity contribution in [2.24, 2.45) is 5.92 Å². The Bertz CT molecular complexity index is 631. The number of rotatable bonds is 5. The number of amides is 2. The zero-order valence-electron chi connectivity index (χ0n) is 15.5. The van der Waals surface area contributed by atoms with E-state index in [1.807, 2.05) is 40.3 Å². The molecule has 3 rings (SSSR count). The zero-order chi connectivity index (χ0) is 18.4. The van der Waals surface area contributed by atoms with Gasteiger partial charge in [0.2, 0.25) is 5.91 Å². The van der Waals surface area contributed by atoms with Gasteiger partial charge in [0.1, 0.15) is 0 Å². The lowest BCUT2D eigenvalue weighted by atomic mass is 9.92. The summed E-state index contributed by atoms with van der Waals surface area (Å²) in [6, 6.07) is 7.81. The summed E-state index contributed by atoms with van der Waals surface area (Å²) < 4.78 is 5.31. The molecule has 142 valence electrons. The molecule has 0 spiro atoms. The van der Waals surface area contributed by atoms with Crippen LogP contribution in [0.2, 0.25) is 0 Å². The zero-order valence-corrected chi connectivity index (χ0v) is 16.3. The fourth-order valence-electron chi connectivity index (χ4n) is 3.78. The monoisotopic (exact) mass is 376 g/mol. The number of carbonyl (C=O) groups excluding carboxylic acids is 2. The number of ether oxygens (including phenoxy) is 1. The molecule has 2 fully saturated rings. The number of carbonyl (C=O) groups is 2. The van der Waals surface area contributed by atoms with Crippen molar-refractivity contribution in [3.05, 3.63) is 29.8 Å². The Morgan fingerprint density at radius 1 is 1.15 bits per heavy atom. The Balaban J connectivity index is 1.53. The second-order valence-electron chi connectivity index (χ2n) is 6.99. The van der Waals surface area contributed by atoms with Gasteiger partial charge in [-0.25, -0.2) is 0 Å². The van der Waals surface area contributed by atoms with Crippen LogP contribution in [-0.2, 0) is 9.53 Å². The second-order valence-corrected chi connectivity index (χ2v) is 7.84. The van der Waals surface area contributed by atoms with E-state index >= 15 is 0 Å². The van der Waals surface area contributed by atoms with Crippen molar-refractivity contribution in [3.8, 4) is 0 Å². The van der Waals surface area contributed by atoms with E-state index in [1.165, 1.54) is 0 Å². The van der Waals surface area contributed by atoms with Crippen LogP contribution < -0.4 is 0 Å². The van der Waals surface area contributed by atoms with Crippen molar-refractivity contribution in [3.63, 3.8) is 0 Å². The molecule has 6 heteroatoms. The van der Waals surface area contributed by atoms with Crippen LogP contribution in [0.3, 0.4) is 0 Å². The van der Waals surface area contributed by atoms with Crippen LogP contribution in [0.15, 0.2) is 29.2 Å². The molecule has 26 heavy (non-hydrogen) atoms. The summed E-state index contributed by atoms with van der Waals surface area (Å²) in [7, 11) is 0. The molecular weight excluding hydrogens is 348 g/mol. The van der Waals surface area contributed by atoms with Crippen LogP contribution in [0.5, 0.6) is 0 Å². The van der Waals surface area contributed by atoms with E-state index in [9.17, 15) is 9.59 Å². The van der Waals surface area contributed by atoms with Gasteiger partial charge in [0, 0.05) is 37.5 Å². The van der Waals surface area contributed by atoms with E-state index in [0.717, 1.165) is 42.8 Å². The van der Waals surface area contributed by atoms with Crippen LogP contribution in [-0.4, -0.2) is 67.3 Å². The van der Waals surface area contributed by atoms with Crippen molar-refractivity contribution in [1.29, 1.82) is 0 Å². The van der Waals surface area contributed by atoms with Crippen LogP contribution in [0, 0.1) is 5.92 Å². The summed E-state index contributed by atoms with van der Waals surface area (Å²) in [5.41, 5.74) is 0.796. The van der Waals surface area contributed by atoms with Crippen molar-refractivity contribution in [1.82, 2.24) is 9.80 Å². The van der Waals surface area contributed by atoms with Gasteiger partial charge in [-0.1, -0.05) is 12.1 Å². The van der Waals surface area contributed by atoms with Crippen molar-refractivity contribution < 1.29 is 14.3 Å². The Labute approximate surface area is 160 Å². The molecule has 0 bridgehead atoms. The maximum atomic E-state index is 12.9. The van der Waals surface area contributed by atoms with Gasteiger partial charge >= 0.3 is 0 Å². The molecular formula is C20H28N2O3S. The first-order chi connectivity index (χ1) is 12.7. The Kier molecular flexibility index (Phi) is 6.97. The van der Waals surface area contributed by atoms with Gasteiger partial charge < -0.3 is 14.5 Å². The van der Waals surface area contributed by atoms with E-state index in [1.54, 1.807) is 11.8 Å². The molecule has 2 saturated heterocycles. The first kappa shape index (κ1) is 19.2. The number of thioether (sulfide) groups is 1. The Morgan fingerprint density at radius 2 is 1.92 bits per heavy atom. The normalized spacial score (nSPS) is 20.9. The molecule has 0 N–H and O–H groups in total. The quantitative estimate of drug-likeness (QED) is 0.742. The molecule has 0 saturated carbocycles. The van der Waals surface area contributed by atoms with E-state index in [4.69, 9.17) is 4.74 Å². The number of benzene rings is 1. The summed E-state index contributed by atoms with van der Waals surface area (Å²) in [5.74, 6) is 0.766. The van der Waals surface area contributed by atoms with E-state index < -0.39 is 0 Å². The highest BCUT2D eigenvalue weighted by atomic mass is 32.2. The maximum Gasteiger partial charge on any atom is 0.254 e. The average Bonchev–Trinajstić information content (AvgIpc) is 2.72. The van der Waals surface area contributed by atoms with Crippen LogP contribution in [0.25, 0.3) is 0 Å². The van der Waals surface area contributed by atoms with Gasteiger partial charge in [-0.3, -0.25) is 9.59 Å². The lowest BCUT2D eigenvalue weighted by molar-refractivity contribution is -0.135. The highest BCUT2D eigenvalue weighted by molar-refractivity contribution is 7.98. The number of likely N-dealkylation sites (tertiary alicyclic amines) is 1. The molecule has 5 nitrogen and oxygen atoms in total. The fourth-order valence-corrected chi connectivity index (χ4v) is 4.37. The summed E-state index contributed by atoms with van der Waals surface area (Å²) in [6.45, 7) is 4.28. The minimum Gasteiger partial charge on any atom is -0.378 e. The number of hydrogen-bond donors (Lipinski definition) is 0. The van der Waals surface area contributed by atoms with E-state index in [0.29, 0.717) is 38.6 Å². The topological polar surface area (TPSA) is 49.9 Å². The van der Waals surface area contributed by atoms with Gasteiger partial charge in [-0.2, -0.15) is 0 Å². The first-order valence-corrected chi connectivity index (χ1v) is 10.7. The largest absolute Gasteiger partial charge is 0.378 e. The van der Waals surface area contributed by atoms with Gasteiger partial charge in [0.25, 0.3) is 5.91 Å². The lowest BCUT2D eigenvalue weighted by Crippen LogP contribution is -2.42. The third-order valence-corrected chi connectivity index (χ3v) is 6.07. The molecule has 0 aliphatic carbocycles. The summed E-state index contributed by atoms with van der Waals surface area (Å²) in [4.78, 5) is 30.2. The smallest absolute Gasteiger partial charge is 0.254 e. The molecule has 2 heterocycles. The lowest BCUT2D eigenvalue weighted by Gasteiger charge is -2.34. The standard InChI is InChI=1S/C20H28N2O3S/c1-26-18-7-3-2-6-17(18)20(24)22-10-4-5-16(15-22)8-9-19(23)21-11-13-25-14-12-21/h2-3,6-7,16H,4-5,8-15H2,1H3. The maximum absolute atomic E-state index is 12.9.